The number of nitrogen functional groups attached to an aromatic ring is 1. The van der Waals surface area contributed by atoms with Gasteiger partial charge in [-0.1, -0.05) is 36.4 Å². The van der Waals surface area contributed by atoms with E-state index < -0.39 is 6.10 Å². The summed E-state index contributed by atoms with van der Waals surface area (Å²) in [5.41, 5.74) is 11.7. The van der Waals surface area contributed by atoms with Crippen LogP contribution in [0.3, 0.4) is 0 Å². The van der Waals surface area contributed by atoms with Crippen LogP contribution in [-0.4, -0.2) is 59.5 Å². The summed E-state index contributed by atoms with van der Waals surface area (Å²) in [7, 11) is 0. The number of amides is 1. The van der Waals surface area contributed by atoms with E-state index in [-0.39, 0.29) is 35.5 Å². The van der Waals surface area contributed by atoms with Gasteiger partial charge in [0.05, 0.1) is 23.1 Å². The normalized spacial score (nSPS) is 21.6. The highest BCUT2D eigenvalue weighted by Crippen LogP contribution is 2.44. The predicted octanol–water partition coefficient (Wildman–Crippen LogP) is 3.86. The zero-order valence-corrected chi connectivity index (χ0v) is 21.4. The van der Waals surface area contributed by atoms with Crippen molar-refractivity contribution in [2.45, 2.75) is 63.6 Å². The lowest BCUT2D eigenvalue weighted by atomic mass is 9.85. The summed E-state index contributed by atoms with van der Waals surface area (Å²) in [5, 5.41) is 14.4. The number of piperidine rings is 1. The molecule has 0 unspecified atom stereocenters. The summed E-state index contributed by atoms with van der Waals surface area (Å²) < 4.78 is 1.53. The number of aromatic nitrogens is 4. The molecule has 9 nitrogen and oxygen atoms in total. The van der Waals surface area contributed by atoms with E-state index in [2.05, 4.69) is 10.1 Å². The molecule has 2 saturated heterocycles. The first-order valence-corrected chi connectivity index (χ1v) is 13.0. The fourth-order valence-corrected chi connectivity index (χ4v) is 6.20. The first-order chi connectivity index (χ1) is 18.3. The SMILES string of the molecule is CC(=O)c1c([C@H]2C[C@H]3CC[C@@H](C2)N3C(=O)[C@H](C)O)nc2c(-c3ccc(-c4ccccc4)nc3)cnn2c1N. The van der Waals surface area contributed by atoms with Crippen molar-refractivity contribution in [1.29, 1.82) is 0 Å². The molecule has 2 bridgehead atoms. The molecular weight excluding hydrogens is 480 g/mol. The second kappa shape index (κ2) is 9.33. The minimum atomic E-state index is -1.02. The van der Waals surface area contributed by atoms with Gasteiger partial charge >= 0.3 is 0 Å². The fourth-order valence-electron chi connectivity index (χ4n) is 6.20. The van der Waals surface area contributed by atoms with Gasteiger partial charge in [-0.3, -0.25) is 14.6 Å². The van der Waals surface area contributed by atoms with E-state index in [1.165, 1.54) is 18.4 Å². The van der Waals surface area contributed by atoms with Crippen molar-refractivity contribution >= 4 is 23.2 Å². The lowest BCUT2D eigenvalue weighted by molar-refractivity contribution is -0.144. The predicted molar refractivity (Wildman–Crippen MR) is 143 cm³/mol. The summed E-state index contributed by atoms with van der Waals surface area (Å²) in [4.78, 5) is 37.0. The average molecular weight is 511 g/mol. The highest BCUT2D eigenvalue weighted by Gasteiger charge is 2.45. The van der Waals surface area contributed by atoms with Gasteiger partial charge in [-0.15, -0.1) is 0 Å². The average Bonchev–Trinajstić information content (AvgIpc) is 3.46. The third-order valence-electron chi connectivity index (χ3n) is 7.94. The van der Waals surface area contributed by atoms with Gasteiger partial charge in [0.2, 0.25) is 0 Å². The number of anilines is 1. The molecule has 4 aromatic rings. The summed E-state index contributed by atoms with van der Waals surface area (Å²) in [6.07, 6.45) is 5.59. The van der Waals surface area contributed by atoms with Crippen molar-refractivity contribution in [3.63, 3.8) is 0 Å². The van der Waals surface area contributed by atoms with E-state index >= 15 is 0 Å². The molecule has 9 heteroatoms. The van der Waals surface area contributed by atoms with Crippen molar-refractivity contribution < 1.29 is 14.7 Å². The number of nitrogens with two attached hydrogens (primary N) is 1. The van der Waals surface area contributed by atoms with Crippen LogP contribution in [0.2, 0.25) is 0 Å². The molecule has 2 aliphatic rings. The number of hydrogen-bond acceptors (Lipinski definition) is 7. The van der Waals surface area contributed by atoms with Crippen molar-refractivity contribution in [2.24, 2.45) is 0 Å². The molecule has 194 valence electrons. The van der Waals surface area contributed by atoms with Crippen LogP contribution < -0.4 is 5.73 Å². The van der Waals surface area contributed by atoms with E-state index in [9.17, 15) is 14.7 Å². The minimum absolute atomic E-state index is 0.0130. The van der Waals surface area contributed by atoms with Crippen LogP contribution in [0.1, 0.15) is 61.5 Å². The largest absolute Gasteiger partial charge is 0.384 e. The number of carbonyl (C=O) groups excluding carboxylic acids is 2. The summed E-state index contributed by atoms with van der Waals surface area (Å²) in [6, 6.07) is 13.9. The van der Waals surface area contributed by atoms with Gasteiger partial charge in [0, 0.05) is 40.9 Å². The first-order valence-electron chi connectivity index (χ1n) is 13.0. The Morgan fingerprint density at radius 2 is 1.74 bits per heavy atom. The van der Waals surface area contributed by atoms with E-state index in [1.54, 1.807) is 12.4 Å². The van der Waals surface area contributed by atoms with Gasteiger partial charge in [0.15, 0.2) is 11.4 Å². The molecule has 2 aliphatic heterocycles. The minimum Gasteiger partial charge on any atom is -0.384 e. The molecule has 1 aromatic carbocycles. The molecule has 4 atom stereocenters. The van der Waals surface area contributed by atoms with Gasteiger partial charge in [-0.05, 0) is 45.6 Å². The number of benzene rings is 1. The molecule has 3 N–H and O–H groups in total. The third kappa shape index (κ3) is 3.94. The number of hydrogen-bond donors (Lipinski definition) is 2. The fraction of sp³-hybridized carbons (Fsp3) is 0.345. The molecule has 0 saturated carbocycles. The number of aliphatic hydroxyl groups is 1. The zero-order chi connectivity index (χ0) is 26.6. The Morgan fingerprint density at radius 3 is 2.34 bits per heavy atom. The third-order valence-corrected chi connectivity index (χ3v) is 7.94. The maximum Gasteiger partial charge on any atom is 0.251 e. The number of nitrogens with zero attached hydrogens (tertiary/aromatic N) is 5. The Hall–Kier alpha value is -4.11. The van der Waals surface area contributed by atoms with Crippen molar-refractivity contribution in [3.8, 4) is 22.4 Å². The van der Waals surface area contributed by atoms with Crippen LogP contribution in [0.4, 0.5) is 5.82 Å². The molecule has 0 radical (unpaired) electrons. The Labute approximate surface area is 220 Å². The quantitative estimate of drug-likeness (QED) is 0.390. The number of rotatable bonds is 5. The Morgan fingerprint density at radius 1 is 1.03 bits per heavy atom. The number of pyridine rings is 1. The number of carbonyl (C=O) groups is 2. The number of ketones is 1. The lowest BCUT2D eigenvalue weighted by Crippen LogP contribution is -2.49. The van der Waals surface area contributed by atoms with Crippen LogP contribution >= 0.6 is 0 Å². The molecule has 0 aliphatic carbocycles. The summed E-state index contributed by atoms with van der Waals surface area (Å²) in [5.74, 6) is -0.145. The van der Waals surface area contributed by atoms with E-state index in [0.29, 0.717) is 29.7 Å². The van der Waals surface area contributed by atoms with Crippen LogP contribution in [0.15, 0.2) is 54.9 Å². The number of fused-ring (bicyclic) bond motifs is 3. The molecule has 1 amide bonds. The summed E-state index contributed by atoms with van der Waals surface area (Å²) >= 11 is 0. The van der Waals surface area contributed by atoms with Gasteiger partial charge in [-0.2, -0.15) is 9.61 Å². The lowest BCUT2D eigenvalue weighted by Gasteiger charge is -2.39. The maximum absolute atomic E-state index is 12.8. The Kier molecular flexibility index (Phi) is 5.95. The van der Waals surface area contributed by atoms with Crippen LogP contribution in [0.5, 0.6) is 0 Å². The molecule has 3 aromatic heterocycles. The second-order valence-corrected chi connectivity index (χ2v) is 10.4. The van der Waals surface area contributed by atoms with E-state index in [1.807, 2.05) is 47.4 Å². The molecule has 38 heavy (non-hydrogen) atoms. The second-order valence-electron chi connectivity index (χ2n) is 10.4. The monoisotopic (exact) mass is 510 g/mol. The molecule has 2 fully saturated rings. The van der Waals surface area contributed by atoms with Crippen molar-refractivity contribution in [1.82, 2.24) is 24.5 Å². The van der Waals surface area contributed by atoms with Crippen LogP contribution in [0, 0.1) is 0 Å². The molecule has 5 heterocycles. The topological polar surface area (TPSA) is 127 Å². The molecule has 6 rings (SSSR count). The first kappa shape index (κ1) is 24.2. The van der Waals surface area contributed by atoms with Crippen LogP contribution in [-0.2, 0) is 4.79 Å². The standard InChI is InChI=1S/C29H30N6O3/c1-16(36)25-26(20-12-21-9-10-22(13-20)34(21)29(38)17(2)37)33-28-23(15-32-35(28)27(25)30)19-8-11-24(31-14-19)18-6-4-3-5-7-18/h3-8,11,14-15,17,20-22,37H,9-10,12-13,30H2,1-2H3/t17-,20-,21+,22-/m0/s1. The van der Waals surface area contributed by atoms with Gasteiger partial charge in [-0.25, -0.2) is 4.98 Å². The van der Waals surface area contributed by atoms with Crippen molar-refractivity contribution in [2.75, 3.05) is 5.73 Å². The summed E-state index contributed by atoms with van der Waals surface area (Å²) in [6.45, 7) is 3.01. The maximum atomic E-state index is 12.8. The Bertz CT molecular complexity index is 1520. The Balaban J connectivity index is 1.40. The number of Topliss-reactive ketones (excluding diaryl/α,β-unsaturated/α-hetero) is 1. The molecular formula is C29H30N6O3. The zero-order valence-electron chi connectivity index (χ0n) is 21.4. The van der Waals surface area contributed by atoms with Crippen LogP contribution in [0.25, 0.3) is 28.0 Å². The molecule has 0 spiro atoms. The van der Waals surface area contributed by atoms with E-state index in [0.717, 1.165) is 35.2 Å². The number of aliphatic hydroxyl groups excluding tert-OH is 1. The highest BCUT2D eigenvalue weighted by molar-refractivity contribution is 6.00. The van der Waals surface area contributed by atoms with Gasteiger partial charge in [0.25, 0.3) is 5.91 Å². The highest BCUT2D eigenvalue weighted by atomic mass is 16.3. The van der Waals surface area contributed by atoms with Gasteiger partial charge < -0.3 is 15.7 Å². The smallest absolute Gasteiger partial charge is 0.251 e. The van der Waals surface area contributed by atoms with Gasteiger partial charge in [0.1, 0.15) is 11.9 Å². The van der Waals surface area contributed by atoms with Crippen molar-refractivity contribution in [3.05, 3.63) is 66.1 Å². The van der Waals surface area contributed by atoms with E-state index in [4.69, 9.17) is 10.7 Å².